The van der Waals surface area contributed by atoms with Gasteiger partial charge in [-0.15, -0.1) is 0 Å². The van der Waals surface area contributed by atoms with Crippen molar-refractivity contribution in [2.24, 2.45) is 0 Å². The van der Waals surface area contributed by atoms with E-state index in [4.69, 9.17) is 0 Å². The Balaban J connectivity index is 1.47. The van der Waals surface area contributed by atoms with Crippen LogP contribution in [-0.4, -0.2) is 0 Å². The van der Waals surface area contributed by atoms with Crippen molar-refractivity contribution in [3.63, 3.8) is 0 Å². The molecule has 2 nitrogen and oxygen atoms in total. The number of hydrogen-bond donors (Lipinski definition) is 1. The molecule has 0 spiro atoms. The van der Waals surface area contributed by atoms with Gasteiger partial charge in [0.15, 0.2) is 0 Å². The molecule has 0 bridgehead atoms. The molecule has 0 heterocycles. The molecule has 0 radical (unpaired) electrons. The molecule has 0 atom stereocenters. The number of nitrogens with one attached hydrogen (secondary N) is 1. The van der Waals surface area contributed by atoms with E-state index in [0.29, 0.717) is 11.8 Å². The quantitative estimate of drug-likeness (QED) is 0.167. The zero-order valence-corrected chi connectivity index (χ0v) is 29.0. The summed E-state index contributed by atoms with van der Waals surface area (Å²) in [6.07, 6.45) is 0. The van der Waals surface area contributed by atoms with Crippen molar-refractivity contribution in [1.82, 2.24) is 0 Å². The maximum absolute atomic E-state index is 3.80. The third-order valence-corrected chi connectivity index (χ3v) is 10.1. The first kappa shape index (κ1) is 30.7. The summed E-state index contributed by atoms with van der Waals surface area (Å²) < 4.78 is 0. The minimum absolute atomic E-state index is 0.337. The molecule has 1 N–H and O–H groups in total. The topological polar surface area (TPSA) is 15.3 Å². The van der Waals surface area contributed by atoms with E-state index >= 15 is 0 Å². The number of hydrogen-bond acceptors (Lipinski definition) is 2. The normalized spacial score (nSPS) is 11.7. The summed E-state index contributed by atoms with van der Waals surface area (Å²) in [5.74, 6) is 0.707. The maximum atomic E-state index is 3.80. The first-order chi connectivity index (χ1) is 23.9. The highest BCUT2D eigenvalue weighted by Crippen LogP contribution is 2.49. The molecule has 49 heavy (non-hydrogen) atoms. The zero-order valence-electron chi connectivity index (χ0n) is 29.0. The molecule has 8 aromatic rings. The van der Waals surface area contributed by atoms with Crippen LogP contribution in [0.4, 0.5) is 28.4 Å². The van der Waals surface area contributed by atoms with Crippen molar-refractivity contribution < 1.29 is 0 Å². The van der Waals surface area contributed by atoms with Gasteiger partial charge in [0.1, 0.15) is 0 Å². The van der Waals surface area contributed by atoms with Crippen molar-refractivity contribution in [2.75, 3.05) is 10.2 Å². The number of aryl methyl sites for hydroxylation is 1. The second-order valence-corrected chi connectivity index (χ2v) is 13.9. The van der Waals surface area contributed by atoms with Gasteiger partial charge in [-0.25, -0.2) is 0 Å². The van der Waals surface area contributed by atoms with Crippen molar-refractivity contribution in [1.29, 1.82) is 0 Å². The second-order valence-electron chi connectivity index (χ2n) is 13.9. The molecule has 8 aromatic carbocycles. The first-order valence-corrected chi connectivity index (χ1v) is 17.5. The van der Waals surface area contributed by atoms with Gasteiger partial charge in [0, 0.05) is 33.5 Å². The van der Waals surface area contributed by atoms with E-state index in [1.165, 1.54) is 71.5 Å². The Morgan fingerprint density at radius 3 is 1.67 bits per heavy atom. The largest absolute Gasteiger partial charge is 0.355 e. The molecule has 0 saturated carbocycles. The Morgan fingerprint density at radius 2 is 1.02 bits per heavy atom. The van der Waals surface area contributed by atoms with E-state index < -0.39 is 0 Å². The van der Waals surface area contributed by atoms with E-state index in [1.807, 2.05) is 0 Å². The van der Waals surface area contributed by atoms with Gasteiger partial charge in [0.25, 0.3) is 0 Å². The van der Waals surface area contributed by atoms with Crippen LogP contribution >= 0.6 is 0 Å². The molecule has 0 fully saturated rings. The third-order valence-electron chi connectivity index (χ3n) is 10.1. The minimum atomic E-state index is 0.337. The van der Waals surface area contributed by atoms with E-state index in [2.05, 4.69) is 190 Å². The third kappa shape index (κ3) is 5.38. The highest BCUT2D eigenvalue weighted by Gasteiger charge is 2.24. The van der Waals surface area contributed by atoms with Gasteiger partial charge in [-0.2, -0.15) is 0 Å². The summed E-state index contributed by atoms with van der Waals surface area (Å²) in [7, 11) is 0. The monoisotopic (exact) mass is 634 g/mol. The fraction of sp³-hybridized carbons (Fsp3) is 0.149. The van der Waals surface area contributed by atoms with Crippen LogP contribution in [0.25, 0.3) is 43.4 Å². The van der Waals surface area contributed by atoms with Gasteiger partial charge in [-0.05, 0) is 111 Å². The Hall–Kier alpha value is -5.60. The summed E-state index contributed by atoms with van der Waals surface area (Å²) in [5, 5.41) is 11.7. The van der Waals surface area contributed by atoms with Crippen LogP contribution in [0.2, 0.25) is 0 Å². The Labute approximate surface area is 290 Å². The highest BCUT2D eigenvalue weighted by atomic mass is 15.1. The molecule has 8 rings (SSSR count). The standard InChI is InChI=1S/C47H42N2/c1-30(2)41-28-43(48-35-17-11-7-12-18-35)39-25-23-38-42(31(3)4)29-45(40-26-24-37(41)46(39)47(38)40)49(36-19-13-8-14-20-36)44-27-34(22-21-32(44)5)33-15-9-6-10-16-33/h6-31,48H,1-5H3. The van der Waals surface area contributed by atoms with Crippen LogP contribution in [-0.2, 0) is 0 Å². The van der Waals surface area contributed by atoms with Crippen LogP contribution < -0.4 is 10.2 Å². The van der Waals surface area contributed by atoms with Crippen LogP contribution in [0.5, 0.6) is 0 Å². The molecule has 240 valence electrons. The van der Waals surface area contributed by atoms with Gasteiger partial charge in [0.05, 0.1) is 5.69 Å². The predicted molar refractivity (Wildman–Crippen MR) is 213 cm³/mol. The number of benzene rings is 8. The minimum Gasteiger partial charge on any atom is -0.355 e. The molecular formula is C47H42N2. The van der Waals surface area contributed by atoms with E-state index in [1.54, 1.807) is 0 Å². The number of rotatable bonds is 8. The maximum Gasteiger partial charge on any atom is 0.0543 e. The van der Waals surface area contributed by atoms with Crippen molar-refractivity contribution in [2.45, 2.75) is 46.5 Å². The Kier molecular flexibility index (Phi) is 7.80. The summed E-state index contributed by atoms with van der Waals surface area (Å²) >= 11 is 0. The summed E-state index contributed by atoms with van der Waals surface area (Å²) in [6, 6.07) is 53.3. The lowest BCUT2D eigenvalue weighted by Gasteiger charge is -2.31. The molecule has 0 amide bonds. The summed E-state index contributed by atoms with van der Waals surface area (Å²) in [4.78, 5) is 2.49. The summed E-state index contributed by atoms with van der Waals surface area (Å²) in [5.41, 5.74) is 12.2. The van der Waals surface area contributed by atoms with E-state index in [9.17, 15) is 0 Å². The van der Waals surface area contributed by atoms with Crippen molar-refractivity contribution in [3.05, 3.63) is 162 Å². The zero-order chi connectivity index (χ0) is 33.6. The lowest BCUT2D eigenvalue weighted by Crippen LogP contribution is -2.13. The van der Waals surface area contributed by atoms with Crippen molar-refractivity contribution >= 4 is 60.8 Å². The molecule has 2 heteroatoms. The van der Waals surface area contributed by atoms with Gasteiger partial charge in [-0.1, -0.05) is 131 Å². The Bertz CT molecular complexity index is 2410. The molecule has 0 aliphatic rings. The van der Waals surface area contributed by atoms with Gasteiger partial charge in [-0.3, -0.25) is 0 Å². The number of para-hydroxylation sites is 2. The van der Waals surface area contributed by atoms with Crippen LogP contribution in [0, 0.1) is 6.92 Å². The number of nitrogens with zero attached hydrogens (tertiary/aromatic N) is 1. The van der Waals surface area contributed by atoms with Crippen molar-refractivity contribution in [3.8, 4) is 11.1 Å². The predicted octanol–water partition coefficient (Wildman–Crippen LogP) is 14.0. The second kappa shape index (κ2) is 12.5. The number of anilines is 5. The van der Waals surface area contributed by atoms with Gasteiger partial charge >= 0.3 is 0 Å². The first-order valence-electron chi connectivity index (χ1n) is 17.5. The molecular weight excluding hydrogens is 593 g/mol. The lowest BCUT2D eigenvalue weighted by atomic mass is 9.84. The van der Waals surface area contributed by atoms with Crippen LogP contribution in [0.15, 0.2) is 146 Å². The highest BCUT2D eigenvalue weighted by molar-refractivity contribution is 6.29. The fourth-order valence-electron chi connectivity index (χ4n) is 7.59. The van der Waals surface area contributed by atoms with E-state index in [-0.39, 0.29) is 0 Å². The smallest absolute Gasteiger partial charge is 0.0543 e. The molecule has 0 unspecified atom stereocenters. The van der Waals surface area contributed by atoms with Gasteiger partial charge < -0.3 is 10.2 Å². The average Bonchev–Trinajstić information content (AvgIpc) is 3.13. The van der Waals surface area contributed by atoms with Crippen LogP contribution in [0.3, 0.4) is 0 Å². The lowest BCUT2D eigenvalue weighted by molar-refractivity contribution is 0.876. The Morgan fingerprint density at radius 1 is 0.469 bits per heavy atom. The van der Waals surface area contributed by atoms with Gasteiger partial charge in [0.2, 0.25) is 0 Å². The molecule has 0 aromatic heterocycles. The average molecular weight is 635 g/mol. The molecule has 0 aliphatic carbocycles. The fourth-order valence-corrected chi connectivity index (χ4v) is 7.59. The molecule has 0 saturated heterocycles. The van der Waals surface area contributed by atoms with Crippen LogP contribution in [0.1, 0.15) is 56.2 Å². The summed E-state index contributed by atoms with van der Waals surface area (Å²) in [6.45, 7) is 11.5. The molecule has 0 aliphatic heterocycles. The SMILES string of the molecule is Cc1ccc(-c2ccccc2)cc1N(c1ccccc1)c1cc(C(C)C)c2ccc3c(Nc4ccccc4)cc(C(C)C)c4ccc1c2c34. The van der Waals surface area contributed by atoms with E-state index in [0.717, 1.165) is 17.1 Å².